The Kier molecular flexibility index (Phi) is 3.99. The molecular weight excluding hydrogens is 322 g/mol. The smallest absolute Gasteiger partial charge is 0.121 e. The van der Waals surface area contributed by atoms with E-state index in [0.717, 1.165) is 57.6 Å². The summed E-state index contributed by atoms with van der Waals surface area (Å²) in [7, 11) is 0. The highest BCUT2D eigenvalue weighted by molar-refractivity contribution is 7.17. The van der Waals surface area contributed by atoms with Crippen LogP contribution >= 0.6 is 11.3 Å². The Labute approximate surface area is 144 Å². The van der Waals surface area contributed by atoms with E-state index in [1.165, 1.54) is 0 Å². The van der Waals surface area contributed by atoms with E-state index in [4.69, 9.17) is 4.99 Å². The molecule has 24 heavy (non-hydrogen) atoms. The number of H-pyrrole nitrogens is 1. The average molecular weight is 343 g/mol. The number of thiophene rings is 1. The molecule has 7 heteroatoms. The summed E-state index contributed by atoms with van der Waals surface area (Å²) in [6.45, 7) is 8.60. The summed E-state index contributed by atoms with van der Waals surface area (Å²) in [5.74, 6) is 0.898. The maximum Gasteiger partial charge on any atom is 0.121 e. The molecule has 0 amide bonds. The van der Waals surface area contributed by atoms with E-state index in [1.807, 2.05) is 13.1 Å². The lowest BCUT2D eigenvalue weighted by molar-refractivity contribution is 0.0788. The lowest BCUT2D eigenvalue weighted by Gasteiger charge is -2.31. The van der Waals surface area contributed by atoms with Gasteiger partial charge in [0.2, 0.25) is 0 Å². The van der Waals surface area contributed by atoms with E-state index in [-0.39, 0.29) is 6.10 Å². The molecule has 4 heterocycles. The normalized spacial score (nSPS) is 21.3. The molecular formula is C17H21N5OS. The van der Waals surface area contributed by atoms with Crippen molar-refractivity contribution >= 4 is 28.6 Å². The van der Waals surface area contributed by atoms with Crippen LogP contribution in [0.4, 0.5) is 5.69 Å². The van der Waals surface area contributed by atoms with Gasteiger partial charge in [0.1, 0.15) is 5.84 Å². The Morgan fingerprint density at radius 1 is 1.50 bits per heavy atom. The summed E-state index contributed by atoms with van der Waals surface area (Å²) < 4.78 is 0. The van der Waals surface area contributed by atoms with Gasteiger partial charge in [-0.15, -0.1) is 11.3 Å². The molecule has 0 radical (unpaired) electrons. The van der Waals surface area contributed by atoms with Crippen molar-refractivity contribution in [3.8, 4) is 10.4 Å². The highest BCUT2D eigenvalue weighted by Gasteiger charge is 2.23. The predicted molar refractivity (Wildman–Crippen MR) is 97.6 cm³/mol. The number of aliphatic hydroxyl groups is 1. The third-order valence-corrected chi connectivity index (χ3v) is 5.70. The maximum absolute atomic E-state index is 9.83. The Balaban J connectivity index is 1.59. The number of amidine groups is 1. The zero-order valence-electron chi connectivity index (χ0n) is 13.7. The first kappa shape index (κ1) is 15.6. The molecule has 1 unspecified atom stereocenters. The molecule has 1 saturated heterocycles. The van der Waals surface area contributed by atoms with E-state index in [2.05, 4.69) is 33.1 Å². The number of likely N-dealkylation sites (tertiary alicyclic amines) is 1. The van der Waals surface area contributed by atoms with Crippen molar-refractivity contribution < 1.29 is 5.11 Å². The molecule has 0 saturated carbocycles. The number of aryl methyl sites for hydroxylation is 1. The van der Waals surface area contributed by atoms with Crippen LogP contribution in [0.2, 0.25) is 0 Å². The van der Waals surface area contributed by atoms with Crippen LogP contribution < -0.4 is 5.32 Å². The van der Waals surface area contributed by atoms with Crippen LogP contribution in [0.1, 0.15) is 23.4 Å². The fourth-order valence-corrected chi connectivity index (χ4v) is 4.37. The van der Waals surface area contributed by atoms with Gasteiger partial charge >= 0.3 is 0 Å². The zero-order chi connectivity index (χ0) is 16.7. The maximum atomic E-state index is 9.83. The quantitative estimate of drug-likeness (QED) is 0.800. The molecule has 2 aliphatic heterocycles. The van der Waals surface area contributed by atoms with E-state index in [1.54, 1.807) is 11.3 Å². The number of nitrogens with one attached hydrogen (secondary N) is 2. The molecule has 1 atom stereocenters. The average Bonchev–Trinajstić information content (AvgIpc) is 3.13. The van der Waals surface area contributed by atoms with Crippen molar-refractivity contribution in [2.24, 2.45) is 4.99 Å². The molecule has 1 fully saturated rings. The second-order valence-corrected chi connectivity index (χ2v) is 7.48. The number of hydrogen-bond donors (Lipinski definition) is 3. The van der Waals surface area contributed by atoms with Crippen molar-refractivity contribution in [3.05, 3.63) is 29.4 Å². The van der Waals surface area contributed by atoms with Gasteiger partial charge in [0.15, 0.2) is 0 Å². The van der Waals surface area contributed by atoms with Gasteiger partial charge in [-0.05, 0) is 32.4 Å². The number of aliphatic hydroxyl groups excluding tert-OH is 1. The van der Waals surface area contributed by atoms with Gasteiger partial charge in [-0.2, -0.15) is 5.10 Å². The van der Waals surface area contributed by atoms with Crippen LogP contribution in [-0.2, 0) is 0 Å². The highest BCUT2D eigenvalue weighted by atomic mass is 32.1. The van der Waals surface area contributed by atoms with Crippen molar-refractivity contribution in [1.82, 2.24) is 20.4 Å². The zero-order valence-corrected chi connectivity index (χ0v) is 14.5. The summed E-state index contributed by atoms with van der Waals surface area (Å²) >= 11 is 1.68. The number of aliphatic imine (C=N–C) groups is 1. The van der Waals surface area contributed by atoms with Crippen LogP contribution in [0.25, 0.3) is 16.1 Å². The molecule has 2 aromatic heterocycles. The molecule has 2 aliphatic rings. The predicted octanol–water partition coefficient (Wildman–Crippen LogP) is 2.51. The minimum absolute atomic E-state index is 0.224. The standard InChI is InChI=1S/C17H21N5OS/c1-10-13(7-18-21-10)15-6-14-17(24-15)11(2)19-16(20-14)9-22-5-3-4-12(23)8-22/h6-7,12,23H,2-5,8-9H2,1H3,(H,18,21)(H,19,20). The van der Waals surface area contributed by atoms with E-state index in [0.29, 0.717) is 13.1 Å². The second-order valence-electron chi connectivity index (χ2n) is 6.43. The fourth-order valence-electron chi connectivity index (χ4n) is 3.28. The van der Waals surface area contributed by atoms with Crippen LogP contribution in [0.5, 0.6) is 0 Å². The van der Waals surface area contributed by atoms with Crippen molar-refractivity contribution in [1.29, 1.82) is 0 Å². The van der Waals surface area contributed by atoms with E-state index < -0.39 is 0 Å². The van der Waals surface area contributed by atoms with Gasteiger partial charge in [-0.1, -0.05) is 6.58 Å². The number of nitrogens with zero attached hydrogens (tertiary/aromatic N) is 3. The Morgan fingerprint density at radius 3 is 3.12 bits per heavy atom. The minimum Gasteiger partial charge on any atom is -0.392 e. The molecule has 0 aromatic carbocycles. The summed E-state index contributed by atoms with van der Waals surface area (Å²) in [5, 5.41) is 20.2. The molecule has 2 aromatic rings. The Morgan fingerprint density at radius 2 is 2.38 bits per heavy atom. The number of rotatable bonds is 3. The number of hydrogen-bond acceptors (Lipinski definition) is 6. The monoisotopic (exact) mass is 343 g/mol. The molecule has 6 nitrogen and oxygen atoms in total. The van der Waals surface area contributed by atoms with E-state index in [9.17, 15) is 5.11 Å². The number of aromatic amines is 1. The SMILES string of the molecule is C=C1NC(CN2CCCC(O)C2)=Nc2cc(-c3cn[nH]c3C)sc21. The van der Waals surface area contributed by atoms with Crippen molar-refractivity contribution in [2.45, 2.75) is 25.9 Å². The first-order valence-corrected chi connectivity index (χ1v) is 9.00. The fraction of sp³-hybridized carbons (Fsp3) is 0.412. The summed E-state index contributed by atoms with van der Waals surface area (Å²) in [6.07, 6.45) is 3.55. The molecule has 4 rings (SSSR count). The van der Waals surface area contributed by atoms with Crippen LogP contribution in [0, 0.1) is 6.92 Å². The number of piperidine rings is 1. The van der Waals surface area contributed by atoms with Crippen LogP contribution in [0.15, 0.2) is 23.8 Å². The number of fused-ring (bicyclic) bond motifs is 1. The van der Waals surface area contributed by atoms with Crippen molar-refractivity contribution in [2.75, 3.05) is 19.6 Å². The van der Waals surface area contributed by atoms with Crippen LogP contribution in [-0.4, -0.2) is 51.8 Å². The van der Waals surface area contributed by atoms with Gasteiger partial charge < -0.3 is 10.4 Å². The lowest BCUT2D eigenvalue weighted by atomic mass is 10.1. The molecule has 0 spiro atoms. The lowest BCUT2D eigenvalue weighted by Crippen LogP contribution is -2.44. The van der Waals surface area contributed by atoms with Crippen LogP contribution in [0.3, 0.4) is 0 Å². The highest BCUT2D eigenvalue weighted by Crippen LogP contribution is 2.41. The third-order valence-electron chi connectivity index (χ3n) is 4.49. The van der Waals surface area contributed by atoms with Gasteiger partial charge in [0.05, 0.1) is 35.1 Å². The van der Waals surface area contributed by atoms with Gasteiger partial charge in [-0.25, -0.2) is 4.99 Å². The number of β-amino-alcohol motifs (C(OH)–C–C–N with tert-alkyl or cyclic N) is 1. The Bertz CT molecular complexity index is 806. The molecule has 3 N–H and O–H groups in total. The van der Waals surface area contributed by atoms with Gasteiger partial charge in [-0.3, -0.25) is 10.00 Å². The Hall–Kier alpha value is -1.96. The largest absolute Gasteiger partial charge is 0.392 e. The third kappa shape index (κ3) is 2.90. The topological polar surface area (TPSA) is 76.5 Å². The molecule has 126 valence electrons. The first-order chi connectivity index (χ1) is 11.6. The van der Waals surface area contributed by atoms with Gasteiger partial charge in [0.25, 0.3) is 0 Å². The van der Waals surface area contributed by atoms with Crippen molar-refractivity contribution in [3.63, 3.8) is 0 Å². The summed E-state index contributed by atoms with van der Waals surface area (Å²) in [5.41, 5.74) is 4.02. The summed E-state index contributed by atoms with van der Waals surface area (Å²) in [4.78, 5) is 9.24. The summed E-state index contributed by atoms with van der Waals surface area (Å²) in [6, 6.07) is 2.11. The number of aromatic nitrogens is 2. The second kappa shape index (κ2) is 6.16. The first-order valence-electron chi connectivity index (χ1n) is 8.18. The van der Waals surface area contributed by atoms with Gasteiger partial charge in [0, 0.05) is 22.7 Å². The van der Waals surface area contributed by atoms with E-state index >= 15 is 0 Å². The molecule has 0 bridgehead atoms. The molecule has 0 aliphatic carbocycles. The minimum atomic E-state index is -0.224.